The van der Waals surface area contributed by atoms with E-state index >= 15 is 0 Å². The van der Waals surface area contributed by atoms with Crippen molar-refractivity contribution >= 4 is 6.72 Å². The van der Waals surface area contributed by atoms with E-state index in [-0.39, 0.29) is 0 Å². The highest BCUT2D eigenvalue weighted by molar-refractivity contribution is 5.28. The largest absolute Gasteiger partial charge is 0.378 e. The molecule has 0 aromatic heterocycles. The van der Waals surface area contributed by atoms with Crippen LogP contribution in [0.2, 0.25) is 0 Å². The maximum atomic E-state index is 5.21. The second-order valence-electron chi connectivity index (χ2n) is 2.40. The molecule has 0 spiro atoms. The highest BCUT2D eigenvalue weighted by atomic mass is 16.5. The van der Waals surface area contributed by atoms with Gasteiger partial charge in [-0.25, -0.2) is 4.99 Å². The molecule has 1 aliphatic rings. The third-order valence-electron chi connectivity index (χ3n) is 1.76. The number of hydrogen-bond acceptors (Lipinski definition) is 3. The topological polar surface area (TPSA) is 24.8 Å². The number of allylic oxidation sites excluding steroid dienone is 1. The molecule has 0 N–H and O–H groups in total. The Morgan fingerprint density at radius 1 is 1.55 bits per heavy atom. The minimum absolute atomic E-state index is 0.798. The van der Waals surface area contributed by atoms with Gasteiger partial charge >= 0.3 is 0 Å². The van der Waals surface area contributed by atoms with E-state index in [1.807, 2.05) is 13.0 Å². The van der Waals surface area contributed by atoms with Crippen LogP contribution < -0.4 is 0 Å². The maximum Gasteiger partial charge on any atom is 0.123 e. The van der Waals surface area contributed by atoms with Crippen molar-refractivity contribution in [3.63, 3.8) is 0 Å². The van der Waals surface area contributed by atoms with Crippen molar-refractivity contribution in [2.75, 3.05) is 26.3 Å². The fourth-order valence-electron chi connectivity index (χ4n) is 1.17. The lowest BCUT2D eigenvalue weighted by molar-refractivity contribution is 0.0531. The van der Waals surface area contributed by atoms with E-state index in [9.17, 15) is 0 Å². The molecule has 62 valence electrons. The summed E-state index contributed by atoms with van der Waals surface area (Å²) in [6.07, 6.45) is 1.97. The van der Waals surface area contributed by atoms with Crippen molar-refractivity contribution < 1.29 is 4.74 Å². The molecular formula is C8H14N2O. The zero-order valence-electron chi connectivity index (χ0n) is 6.92. The molecule has 3 nitrogen and oxygen atoms in total. The molecule has 11 heavy (non-hydrogen) atoms. The summed E-state index contributed by atoms with van der Waals surface area (Å²) in [4.78, 5) is 6.09. The molecule has 0 unspecified atom stereocenters. The second-order valence-corrected chi connectivity index (χ2v) is 2.40. The third kappa shape index (κ3) is 2.05. The van der Waals surface area contributed by atoms with E-state index < -0.39 is 0 Å². The quantitative estimate of drug-likeness (QED) is 0.551. The maximum absolute atomic E-state index is 5.21. The van der Waals surface area contributed by atoms with Gasteiger partial charge in [0.2, 0.25) is 0 Å². The van der Waals surface area contributed by atoms with Crippen LogP contribution in [0.1, 0.15) is 6.92 Å². The van der Waals surface area contributed by atoms with Crippen LogP contribution in [0.4, 0.5) is 0 Å². The van der Waals surface area contributed by atoms with Crippen LogP contribution in [0.5, 0.6) is 0 Å². The molecule has 1 aliphatic heterocycles. The van der Waals surface area contributed by atoms with Crippen molar-refractivity contribution in [1.29, 1.82) is 0 Å². The van der Waals surface area contributed by atoms with Crippen molar-refractivity contribution in [3.8, 4) is 0 Å². The molecule has 1 rings (SSSR count). The SMILES string of the molecule is C=N/C(=C\C)N1CCOCC1. The number of hydrogen-bond donors (Lipinski definition) is 0. The summed E-state index contributed by atoms with van der Waals surface area (Å²) < 4.78 is 5.21. The smallest absolute Gasteiger partial charge is 0.123 e. The van der Waals surface area contributed by atoms with Crippen molar-refractivity contribution in [2.24, 2.45) is 4.99 Å². The summed E-state index contributed by atoms with van der Waals surface area (Å²) in [7, 11) is 0. The van der Waals surface area contributed by atoms with Gasteiger partial charge in [0.25, 0.3) is 0 Å². The highest BCUT2D eigenvalue weighted by Crippen LogP contribution is 2.07. The Balaban J connectivity index is 2.49. The molecule has 3 heteroatoms. The van der Waals surface area contributed by atoms with Gasteiger partial charge in [-0.1, -0.05) is 0 Å². The summed E-state index contributed by atoms with van der Waals surface area (Å²) >= 11 is 0. The number of rotatable bonds is 2. The predicted octanol–water partition coefficient (Wildman–Crippen LogP) is 0.881. The van der Waals surface area contributed by atoms with Crippen molar-refractivity contribution in [2.45, 2.75) is 6.92 Å². The first-order chi connectivity index (χ1) is 5.38. The van der Waals surface area contributed by atoms with Crippen LogP contribution in [0, 0.1) is 0 Å². The lowest BCUT2D eigenvalue weighted by Crippen LogP contribution is -2.34. The summed E-state index contributed by atoms with van der Waals surface area (Å²) in [6, 6.07) is 0. The van der Waals surface area contributed by atoms with Gasteiger partial charge in [0.05, 0.1) is 13.2 Å². The Labute approximate surface area is 67.4 Å². The molecule has 0 atom stereocenters. The Bertz CT molecular complexity index is 159. The van der Waals surface area contributed by atoms with Crippen LogP contribution in [-0.4, -0.2) is 37.9 Å². The minimum Gasteiger partial charge on any atom is -0.378 e. The molecule has 1 heterocycles. The molecule has 0 aromatic rings. The summed E-state index contributed by atoms with van der Waals surface area (Å²) in [5.74, 6) is 0.966. The number of ether oxygens (including phenoxy) is 1. The van der Waals surface area contributed by atoms with Gasteiger partial charge in [-0.05, 0) is 19.7 Å². The Hall–Kier alpha value is -0.830. The van der Waals surface area contributed by atoms with E-state index in [4.69, 9.17) is 4.74 Å². The number of aliphatic imine (C=N–C) groups is 1. The third-order valence-corrected chi connectivity index (χ3v) is 1.76. The van der Waals surface area contributed by atoms with Crippen molar-refractivity contribution in [1.82, 2.24) is 4.90 Å². The monoisotopic (exact) mass is 154 g/mol. The number of nitrogens with zero attached hydrogens (tertiary/aromatic N) is 2. The van der Waals surface area contributed by atoms with Crippen LogP contribution in [-0.2, 0) is 4.74 Å². The van der Waals surface area contributed by atoms with Crippen LogP contribution in [0.25, 0.3) is 0 Å². The van der Waals surface area contributed by atoms with Crippen LogP contribution in [0.15, 0.2) is 16.9 Å². The molecule has 1 saturated heterocycles. The average molecular weight is 154 g/mol. The zero-order valence-corrected chi connectivity index (χ0v) is 6.92. The minimum atomic E-state index is 0.798. The van der Waals surface area contributed by atoms with Crippen LogP contribution >= 0.6 is 0 Å². The molecule has 0 aromatic carbocycles. The molecular weight excluding hydrogens is 140 g/mol. The van der Waals surface area contributed by atoms with E-state index in [1.54, 1.807) is 0 Å². The Kier molecular flexibility index (Phi) is 3.11. The van der Waals surface area contributed by atoms with Gasteiger partial charge in [0.1, 0.15) is 5.82 Å². The van der Waals surface area contributed by atoms with Crippen molar-refractivity contribution in [3.05, 3.63) is 11.9 Å². The first kappa shape index (κ1) is 8.27. The lowest BCUT2D eigenvalue weighted by Gasteiger charge is -2.28. The Morgan fingerprint density at radius 3 is 2.64 bits per heavy atom. The molecule has 1 fully saturated rings. The lowest BCUT2D eigenvalue weighted by atomic mass is 10.4. The van der Waals surface area contributed by atoms with E-state index in [2.05, 4.69) is 16.6 Å². The molecule has 0 aliphatic carbocycles. The van der Waals surface area contributed by atoms with E-state index in [1.165, 1.54) is 0 Å². The fourth-order valence-corrected chi connectivity index (χ4v) is 1.17. The van der Waals surface area contributed by atoms with Gasteiger partial charge in [0, 0.05) is 13.1 Å². The number of morpholine rings is 1. The summed E-state index contributed by atoms with van der Waals surface area (Å²) in [5, 5.41) is 0. The molecule has 0 amide bonds. The van der Waals surface area contributed by atoms with Gasteiger partial charge in [-0.2, -0.15) is 0 Å². The van der Waals surface area contributed by atoms with Gasteiger partial charge in [0.15, 0.2) is 0 Å². The first-order valence-corrected chi connectivity index (χ1v) is 3.84. The molecule has 0 radical (unpaired) electrons. The zero-order chi connectivity index (χ0) is 8.10. The predicted molar refractivity (Wildman–Crippen MR) is 45.7 cm³/mol. The summed E-state index contributed by atoms with van der Waals surface area (Å²) in [6.45, 7) is 8.93. The normalized spacial score (nSPS) is 20.1. The first-order valence-electron chi connectivity index (χ1n) is 3.84. The van der Waals surface area contributed by atoms with E-state index in [0.29, 0.717) is 0 Å². The van der Waals surface area contributed by atoms with Gasteiger partial charge in [-0.15, -0.1) is 0 Å². The van der Waals surface area contributed by atoms with E-state index in [0.717, 1.165) is 32.1 Å². The second kappa shape index (κ2) is 4.13. The average Bonchev–Trinajstić information content (AvgIpc) is 2.09. The van der Waals surface area contributed by atoms with Crippen LogP contribution in [0.3, 0.4) is 0 Å². The van der Waals surface area contributed by atoms with Gasteiger partial charge in [-0.3, -0.25) is 0 Å². The Morgan fingerprint density at radius 2 is 2.18 bits per heavy atom. The molecule has 0 saturated carbocycles. The van der Waals surface area contributed by atoms with Gasteiger partial charge < -0.3 is 9.64 Å². The standard InChI is InChI=1S/C8H14N2O/c1-3-8(9-2)10-4-6-11-7-5-10/h3H,2,4-7H2,1H3/b8-3+. The summed E-state index contributed by atoms with van der Waals surface area (Å²) in [5.41, 5.74) is 0. The molecule has 0 bridgehead atoms. The highest BCUT2D eigenvalue weighted by Gasteiger charge is 2.10. The fraction of sp³-hybridized carbons (Fsp3) is 0.625.